The van der Waals surface area contributed by atoms with Crippen LogP contribution in [0.1, 0.15) is 36.0 Å². The van der Waals surface area contributed by atoms with E-state index in [4.69, 9.17) is 4.74 Å². The van der Waals surface area contributed by atoms with Crippen LogP contribution in [0.2, 0.25) is 0 Å². The van der Waals surface area contributed by atoms with Crippen LogP contribution in [-0.4, -0.2) is 49.4 Å². The van der Waals surface area contributed by atoms with Crippen molar-refractivity contribution >= 4 is 0 Å². The highest BCUT2D eigenvalue weighted by atomic mass is 16.5. The Bertz CT molecular complexity index is 872. The summed E-state index contributed by atoms with van der Waals surface area (Å²) in [7, 11) is 3.79. The molecule has 0 spiro atoms. The molecule has 1 aliphatic rings. The number of rotatable bonds is 6. The molecule has 7 heteroatoms. The van der Waals surface area contributed by atoms with Crippen molar-refractivity contribution in [3.63, 3.8) is 0 Å². The van der Waals surface area contributed by atoms with Gasteiger partial charge in [0, 0.05) is 38.4 Å². The lowest BCUT2D eigenvalue weighted by molar-refractivity contribution is 0.195. The van der Waals surface area contributed by atoms with Gasteiger partial charge in [-0.25, -0.2) is 4.98 Å². The third-order valence-corrected chi connectivity index (χ3v) is 5.29. The maximum Gasteiger partial charge on any atom is 0.152 e. The molecule has 0 N–H and O–H groups in total. The van der Waals surface area contributed by atoms with Crippen molar-refractivity contribution in [1.82, 2.24) is 29.2 Å². The monoisotopic (exact) mass is 366 g/mol. The van der Waals surface area contributed by atoms with Crippen molar-refractivity contribution in [3.8, 4) is 5.75 Å². The van der Waals surface area contributed by atoms with Crippen LogP contribution in [0.25, 0.3) is 0 Å². The summed E-state index contributed by atoms with van der Waals surface area (Å²) >= 11 is 0. The highest BCUT2D eigenvalue weighted by Crippen LogP contribution is 2.27. The molecule has 1 saturated heterocycles. The first-order chi connectivity index (χ1) is 13.2. The number of imidazole rings is 1. The second-order valence-corrected chi connectivity index (χ2v) is 7.19. The fraction of sp³-hybridized carbons (Fsp3) is 0.450. The Hall–Kier alpha value is -2.67. The van der Waals surface area contributed by atoms with Crippen molar-refractivity contribution in [2.24, 2.45) is 7.05 Å². The van der Waals surface area contributed by atoms with Gasteiger partial charge >= 0.3 is 0 Å². The molecule has 0 aliphatic carbocycles. The number of nitrogens with zero attached hydrogens (tertiary/aromatic N) is 6. The minimum atomic E-state index is 0.415. The molecule has 0 bridgehead atoms. The Kier molecular flexibility index (Phi) is 5.20. The minimum Gasteiger partial charge on any atom is -0.497 e. The summed E-state index contributed by atoms with van der Waals surface area (Å²) in [5, 5.41) is 8.95. The summed E-state index contributed by atoms with van der Waals surface area (Å²) in [4.78, 5) is 6.60. The van der Waals surface area contributed by atoms with E-state index in [1.807, 2.05) is 23.2 Å². The number of hydrogen-bond acceptors (Lipinski definition) is 5. The van der Waals surface area contributed by atoms with Gasteiger partial charge in [-0.2, -0.15) is 0 Å². The molecule has 1 aliphatic heterocycles. The first-order valence-corrected chi connectivity index (χ1v) is 9.42. The quantitative estimate of drug-likeness (QED) is 0.671. The maximum absolute atomic E-state index is 5.35. The summed E-state index contributed by atoms with van der Waals surface area (Å²) in [5.74, 6) is 3.38. The van der Waals surface area contributed by atoms with Crippen molar-refractivity contribution in [2.45, 2.75) is 31.8 Å². The van der Waals surface area contributed by atoms with E-state index in [1.54, 1.807) is 13.3 Å². The number of likely N-dealkylation sites (tertiary alicyclic amines) is 1. The van der Waals surface area contributed by atoms with Gasteiger partial charge in [0.25, 0.3) is 0 Å². The third kappa shape index (κ3) is 4.03. The van der Waals surface area contributed by atoms with Crippen LogP contribution in [0, 0.1) is 0 Å². The van der Waals surface area contributed by atoms with Crippen molar-refractivity contribution in [3.05, 3.63) is 60.2 Å². The summed E-state index contributed by atoms with van der Waals surface area (Å²) in [5.41, 5.74) is 1.29. The molecule has 2 aromatic heterocycles. The number of ether oxygens (including phenoxy) is 1. The molecule has 4 rings (SSSR count). The SMILES string of the molecule is COc1cccc(CN2CCCC(c3nnc(Cn4ccnc4)n3C)C2)c1. The van der Waals surface area contributed by atoms with E-state index in [2.05, 4.69) is 49.9 Å². The van der Waals surface area contributed by atoms with Gasteiger partial charge in [-0.3, -0.25) is 4.90 Å². The Morgan fingerprint density at radius 3 is 2.96 bits per heavy atom. The zero-order chi connectivity index (χ0) is 18.6. The van der Waals surface area contributed by atoms with E-state index in [9.17, 15) is 0 Å². The standard InChI is InChI=1S/C20H26N6O/c1-24-19(14-26-10-8-21-15-26)22-23-20(24)17-6-4-9-25(13-17)12-16-5-3-7-18(11-16)27-2/h3,5,7-8,10-11,15,17H,4,6,9,12-14H2,1-2H3. The van der Waals surface area contributed by atoms with E-state index in [1.165, 1.54) is 12.0 Å². The molecule has 0 radical (unpaired) electrons. The second kappa shape index (κ2) is 7.92. The molecule has 1 unspecified atom stereocenters. The first kappa shape index (κ1) is 17.7. The molecule has 7 nitrogen and oxygen atoms in total. The Morgan fingerprint density at radius 1 is 1.22 bits per heavy atom. The lowest BCUT2D eigenvalue weighted by Crippen LogP contribution is -2.34. The summed E-state index contributed by atoms with van der Waals surface area (Å²) in [6.07, 6.45) is 7.88. The molecule has 0 saturated carbocycles. The molecule has 0 amide bonds. The van der Waals surface area contributed by atoms with Gasteiger partial charge in [-0.15, -0.1) is 10.2 Å². The fourth-order valence-electron chi connectivity index (χ4n) is 3.85. The average molecular weight is 366 g/mol. The predicted molar refractivity (Wildman–Crippen MR) is 103 cm³/mol. The lowest BCUT2D eigenvalue weighted by Gasteiger charge is -2.32. The summed E-state index contributed by atoms with van der Waals surface area (Å²) < 4.78 is 9.52. The number of piperidine rings is 1. The summed E-state index contributed by atoms with van der Waals surface area (Å²) in [6, 6.07) is 8.33. The molecule has 1 atom stereocenters. The number of aromatic nitrogens is 5. The van der Waals surface area contributed by atoms with Crippen LogP contribution < -0.4 is 4.74 Å². The molecule has 27 heavy (non-hydrogen) atoms. The van der Waals surface area contributed by atoms with Gasteiger partial charge in [-0.1, -0.05) is 12.1 Å². The molecule has 1 aromatic carbocycles. The van der Waals surface area contributed by atoms with Crippen LogP contribution >= 0.6 is 0 Å². The molecule has 3 heterocycles. The molecular weight excluding hydrogens is 340 g/mol. The fourth-order valence-corrected chi connectivity index (χ4v) is 3.85. The number of benzene rings is 1. The van der Waals surface area contributed by atoms with E-state index < -0.39 is 0 Å². The topological polar surface area (TPSA) is 61.0 Å². The number of methoxy groups -OCH3 is 1. The van der Waals surface area contributed by atoms with Crippen molar-refractivity contribution in [1.29, 1.82) is 0 Å². The van der Waals surface area contributed by atoms with E-state index >= 15 is 0 Å². The van der Waals surface area contributed by atoms with Crippen molar-refractivity contribution < 1.29 is 4.74 Å². The molecule has 1 fully saturated rings. The zero-order valence-electron chi connectivity index (χ0n) is 16.0. The normalized spacial score (nSPS) is 17.9. The summed E-state index contributed by atoms with van der Waals surface area (Å²) in [6.45, 7) is 3.76. The van der Waals surface area contributed by atoms with Crippen LogP contribution in [0.4, 0.5) is 0 Å². The largest absolute Gasteiger partial charge is 0.497 e. The maximum atomic E-state index is 5.35. The van der Waals surface area contributed by atoms with Gasteiger partial charge in [0.2, 0.25) is 0 Å². The Labute approximate surface area is 159 Å². The minimum absolute atomic E-state index is 0.415. The van der Waals surface area contributed by atoms with Crippen molar-refractivity contribution in [2.75, 3.05) is 20.2 Å². The highest BCUT2D eigenvalue weighted by Gasteiger charge is 2.26. The first-order valence-electron chi connectivity index (χ1n) is 9.42. The van der Waals surface area contributed by atoms with Gasteiger partial charge in [0.1, 0.15) is 11.6 Å². The van der Waals surface area contributed by atoms with E-state index in [0.29, 0.717) is 12.5 Å². The molecule has 3 aromatic rings. The van der Waals surface area contributed by atoms with E-state index in [0.717, 1.165) is 43.5 Å². The van der Waals surface area contributed by atoms with E-state index in [-0.39, 0.29) is 0 Å². The van der Waals surface area contributed by atoms with Gasteiger partial charge in [0.15, 0.2) is 5.82 Å². The van der Waals surface area contributed by atoms with Crippen LogP contribution in [0.5, 0.6) is 5.75 Å². The van der Waals surface area contributed by atoms with Crippen LogP contribution in [0.3, 0.4) is 0 Å². The smallest absolute Gasteiger partial charge is 0.152 e. The highest BCUT2D eigenvalue weighted by molar-refractivity contribution is 5.28. The van der Waals surface area contributed by atoms with Crippen LogP contribution in [0.15, 0.2) is 43.0 Å². The van der Waals surface area contributed by atoms with Crippen LogP contribution in [-0.2, 0) is 20.1 Å². The zero-order valence-corrected chi connectivity index (χ0v) is 16.0. The molecule has 142 valence electrons. The molecular formula is C20H26N6O. The third-order valence-electron chi connectivity index (χ3n) is 5.29. The Morgan fingerprint density at radius 2 is 2.15 bits per heavy atom. The Balaban J connectivity index is 1.44. The van der Waals surface area contributed by atoms with Gasteiger partial charge in [0.05, 0.1) is 20.0 Å². The predicted octanol–water partition coefficient (Wildman–Crippen LogP) is 2.45. The van der Waals surface area contributed by atoms with Gasteiger partial charge < -0.3 is 13.9 Å². The second-order valence-electron chi connectivity index (χ2n) is 7.19. The van der Waals surface area contributed by atoms with Gasteiger partial charge in [-0.05, 0) is 37.1 Å². The number of hydrogen-bond donors (Lipinski definition) is 0. The average Bonchev–Trinajstić information content (AvgIpc) is 3.33. The lowest BCUT2D eigenvalue weighted by atomic mass is 9.96.